The standard InChI is InChI=1S/C15H19NO4/c1-16(14(17)9-4-11-2-3-11)12-5-7-13(8-6-12)20-10-15(18)19/h5-8,11H,2-4,9-10H2,1H3,(H,18,19). The third kappa shape index (κ3) is 4.26. The number of hydrogen-bond donors (Lipinski definition) is 1. The van der Waals surface area contributed by atoms with Gasteiger partial charge < -0.3 is 14.7 Å². The molecule has 5 nitrogen and oxygen atoms in total. The Morgan fingerprint density at radius 3 is 2.50 bits per heavy atom. The average Bonchev–Trinajstić information content (AvgIpc) is 3.26. The number of carbonyl (C=O) groups is 2. The highest BCUT2D eigenvalue weighted by molar-refractivity contribution is 5.92. The van der Waals surface area contributed by atoms with Gasteiger partial charge in [0.15, 0.2) is 6.61 Å². The molecular formula is C15H19NO4. The highest BCUT2D eigenvalue weighted by Gasteiger charge is 2.23. The van der Waals surface area contributed by atoms with Crippen molar-refractivity contribution in [3.8, 4) is 5.75 Å². The Morgan fingerprint density at radius 2 is 1.95 bits per heavy atom. The van der Waals surface area contributed by atoms with Crippen molar-refractivity contribution in [3.05, 3.63) is 24.3 Å². The molecule has 1 aromatic carbocycles. The number of carboxylic acids is 1. The van der Waals surface area contributed by atoms with Crippen molar-refractivity contribution in [2.45, 2.75) is 25.7 Å². The Balaban J connectivity index is 1.86. The monoisotopic (exact) mass is 277 g/mol. The number of amides is 1. The number of aliphatic carboxylic acids is 1. The summed E-state index contributed by atoms with van der Waals surface area (Å²) in [4.78, 5) is 24.0. The van der Waals surface area contributed by atoms with E-state index in [4.69, 9.17) is 9.84 Å². The van der Waals surface area contributed by atoms with Gasteiger partial charge >= 0.3 is 5.97 Å². The predicted molar refractivity (Wildman–Crippen MR) is 74.9 cm³/mol. The van der Waals surface area contributed by atoms with Crippen LogP contribution in [0.15, 0.2) is 24.3 Å². The highest BCUT2D eigenvalue weighted by Crippen LogP contribution is 2.33. The lowest BCUT2D eigenvalue weighted by Gasteiger charge is -2.17. The average molecular weight is 277 g/mol. The van der Waals surface area contributed by atoms with Crippen LogP contribution in [-0.4, -0.2) is 30.6 Å². The number of carboxylic acid groups (broad SMARTS) is 1. The van der Waals surface area contributed by atoms with E-state index in [2.05, 4.69) is 0 Å². The molecule has 0 bridgehead atoms. The fourth-order valence-corrected chi connectivity index (χ4v) is 1.96. The lowest BCUT2D eigenvalue weighted by atomic mass is 10.2. The summed E-state index contributed by atoms with van der Waals surface area (Å²) in [6.07, 6.45) is 4.07. The van der Waals surface area contributed by atoms with E-state index in [-0.39, 0.29) is 12.5 Å². The van der Waals surface area contributed by atoms with Crippen LogP contribution in [0.4, 0.5) is 5.69 Å². The van der Waals surface area contributed by atoms with Gasteiger partial charge in [-0.1, -0.05) is 12.8 Å². The van der Waals surface area contributed by atoms with Crippen LogP contribution in [0.25, 0.3) is 0 Å². The van der Waals surface area contributed by atoms with Crippen LogP contribution < -0.4 is 9.64 Å². The lowest BCUT2D eigenvalue weighted by Crippen LogP contribution is -2.25. The van der Waals surface area contributed by atoms with Crippen LogP contribution in [0.1, 0.15) is 25.7 Å². The van der Waals surface area contributed by atoms with Gasteiger partial charge in [-0.05, 0) is 36.6 Å². The largest absolute Gasteiger partial charge is 0.482 e. The molecule has 108 valence electrons. The lowest BCUT2D eigenvalue weighted by molar-refractivity contribution is -0.139. The number of hydrogen-bond acceptors (Lipinski definition) is 3. The molecule has 1 aliphatic carbocycles. The van der Waals surface area contributed by atoms with Gasteiger partial charge in [-0.2, -0.15) is 0 Å². The molecule has 5 heteroatoms. The van der Waals surface area contributed by atoms with Crippen molar-refractivity contribution in [1.29, 1.82) is 0 Å². The molecule has 0 spiro atoms. The smallest absolute Gasteiger partial charge is 0.341 e. The maximum atomic E-state index is 12.0. The van der Waals surface area contributed by atoms with Gasteiger partial charge in [-0.25, -0.2) is 4.79 Å². The van der Waals surface area contributed by atoms with Crippen molar-refractivity contribution >= 4 is 17.6 Å². The summed E-state index contributed by atoms with van der Waals surface area (Å²) in [5.74, 6) is 0.326. The first-order chi connectivity index (χ1) is 9.56. The summed E-state index contributed by atoms with van der Waals surface area (Å²) < 4.78 is 5.05. The minimum atomic E-state index is -1.01. The number of anilines is 1. The maximum Gasteiger partial charge on any atom is 0.341 e. The molecule has 0 radical (unpaired) electrons. The zero-order valence-electron chi connectivity index (χ0n) is 11.5. The number of nitrogens with zero attached hydrogens (tertiary/aromatic N) is 1. The molecule has 0 aromatic heterocycles. The fraction of sp³-hybridized carbons (Fsp3) is 0.467. The molecule has 1 fully saturated rings. The van der Waals surface area contributed by atoms with E-state index in [1.54, 1.807) is 36.2 Å². The Labute approximate surface area is 118 Å². The summed E-state index contributed by atoms with van der Waals surface area (Å²) in [5.41, 5.74) is 0.786. The number of benzene rings is 1. The molecule has 0 heterocycles. The second-order valence-corrected chi connectivity index (χ2v) is 5.11. The van der Waals surface area contributed by atoms with Crippen LogP contribution in [0.5, 0.6) is 5.75 Å². The predicted octanol–water partition coefficient (Wildman–Crippen LogP) is 2.30. The molecule has 1 N–H and O–H groups in total. The van der Waals surface area contributed by atoms with E-state index in [1.807, 2.05) is 0 Å². The molecule has 1 aromatic rings. The second-order valence-electron chi connectivity index (χ2n) is 5.11. The van der Waals surface area contributed by atoms with Crippen molar-refractivity contribution in [1.82, 2.24) is 0 Å². The van der Waals surface area contributed by atoms with E-state index < -0.39 is 5.97 Å². The Bertz CT molecular complexity index is 479. The zero-order chi connectivity index (χ0) is 14.5. The van der Waals surface area contributed by atoms with Gasteiger partial charge in [0, 0.05) is 19.2 Å². The van der Waals surface area contributed by atoms with Crippen LogP contribution >= 0.6 is 0 Å². The molecule has 20 heavy (non-hydrogen) atoms. The van der Waals surface area contributed by atoms with Gasteiger partial charge in [0.2, 0.25) is 5.91 Å². The SMILES string of the molecule is CN(C(=O)CCC1CC1)c1ccc(OCC(=O)O)cc1. The van der Waals surface area contributed by atoms with Crippen molar-refractivity contribution < 1.29 is 19.4 Å². The van der Waals surface area contributed by atoms with Gasteiger partial charge in [0.25, 0.3) is 0 Å². The molecule has 0 saturated heterocycles. The minimum absolute atomic E-state index is 0.108. The first kappa shape index (κ1) is 14.4. The first-order valence-corrected chi connectivity index (χ1v) is 6.77. The van der Waals surface area contributed by atoms with Gasteiger partial charge in [0.05, 0.1) is 0 Å². The van der Waals surface area contributed by atoms with Crippen LogP contribution in [0, 0.1) is 5.92 Å². The molecule has 0 aliphatic heterocycles. The van der Waals surface area contributed by atoms with Crippen molar-refractivity contribution in [2.24, 2.45) is 5.92 Å². The van der Waals surface area contributed by atoms with E-state index in [1.165, 1.54) is 12.8 Å². The number of rotatable bonds is 7. The number of carbonyl (C=O) groups excluding carboxylic acids is 1. The van der Waals surface area contributed by atoms with Crippen molar-refractivity contribution in [3.63, 3.8) is 0 Å². The van der Waals surface area contributed by atoms with Crippen LogP contribution in [0.2, 0.25) is 0 Å². The Kier molecular flexibility index (Phi) is 4.61. The topological polar surface area (TPSA) is 66.8 Å². The van der Waals surface area contributed by atoms with E-state index in [0.29, 0.717) is 12.2 Å². The van der Waals surface area contributed by atoms with E-state index in [9.17, 15) is 9.59 Å². The van der Waals surface area contributed by atoms with E-state index >= 15 is 0 Å². The molecule has 2 rings (SSSR count). The van der Waals surface area contributed by atoms with Gasteiger partial charge in [-0.3, -0.25) is 4.79 Å². The third-order valence-corrected chi connectivity index (χ3v) is 3.42. The summed E-state index contributed by atoms with van der Waals surface area (Å²) >= 11 is 0. The van der Waals surface area contributed by atoms with Gasteiger partial charge in [0.1, 0.15) is 5.75 Å². The fourth-order valence-electron chi connectivity index (χ4n) is 1.96. The molecular weight excluding hydrogens is 258 g/mol. The summed E-state index contributed by atoms with van der Waals surface area (Å²) in [7, 11) is 1.75. The third-order valence-electron chi connectivity index (χ3n) is 3.42. The molecule has 1 amide bonds. The quantitative estimate of drug-likeness (QED) is 0.830. The summed E-state index contributed by atoms with van der Waals surface area (Å²) in [6.45, 7) is -0.366. The maximum absolute atomic E-state index is 12.0. The molecule has 1 saturated carbocycles. The summed E-state index contributed by atoms with van der Waals surface area (Å²) in [6, 6.07) is 6.85. The molecule has 0 unspecified atom stereocenters. The van der Waals surface area contributed by atoms with Crippen molar-refractivity contribution in [2.75, 3.05) is 18.6 Å². The molecule has 1 aliphatic rings. The Hall–Kier alpha value is -2.04. The Morgan fingerprint density at radius 1 is 1.30 bits per heavy atom. The first-order valence-electron chi connectivity index (χ1n) is 6.77. The van der Waals surface area contributed by atoms with Crippen LogP contribution in [0.3, 0.4) is 0 Å². The second kappa shape index (κ2) is 6.41. The molecule has 0 atom stereocenters. The zero-order valence-corrected chi connectivity index (χ0v) is 11.5. The van der Waals surface area contributed by atoms with Gasteiger partial charge in [-0.15, -0.1) is 0 Å². The normalized spacial score (nSPS) is 13.8. The van der Waals surface area contributed by atoms with Crippen LogP contribution in [-0.2, 0) is 9.59 Å². The van der Waals surface area contributed by atoms with E-state index in [0.717, 1.165) is 18.0 Å². The number of ether oxygens (including phenoxy) is 1. The summed E-state index contributed by atoms with van der Waals surface area (Å²) in [5, 5.41) is 8.52. The highest BCUT2D eigenvalue weighted by atomic mass is 16.5. The minimum Gasteiger partial charge on any atom is -0.482 e.